The fourth-order valence-corrected chi connectivity index (χ4v) is 3.25. The van der Waals surface area contributed by atoms with Crippen LogP contribution in [0, 0.1) is 10.5 Å². The molecule has 1 heterocycles. The number of benzene rings is 2. The molecule has 6 heteroatoms. The van der Waals surface area contributed by atoms with E-state index in [1.807, 2.05) is 41.2 Å². The summed E-state index contributed by atoms with van der Waals surface area (Å²) in [5.41, 5.74) is 3.22. The van der Waals surface area contributed by atoms with Crippen LogP contribution in [0.15, 0.2) is 53.1 Å². The number of hydrogen-bond donors (Lipinski definition) is 0. The van der Waals surface area contributed by atoms with Crippen molar-refractivity contribution < 1.29 is 4.74 Å². The van der Waals surface area contributed by atoms with Crippen molar-refractivity contribution in [1.29, 1.82) is 0 Å². The van der Waals surface area contributed by atoms with Crippen molar-refractivity contribution in [3.05, 3.63) is 68.0 Å². The molecule has 0 fully saturated rings. The summed E-state index contributed by atoms with van der Waals surface area (Å²) < 4.78 is 9.90. The Kier molecular flexibility index (Phi) is 6.47. The molecule has 0 aliphatic rings. The van der Waals surface area contributed by atoms with E-state index >= 15 is 0 Å². The predicted molar refractivity (Wildman–Crippen MR) is 111 cm³/mol. The minimum Gasteiger partial charge on any atom is -0.492 e. The Balaban J connectivity index is 1.47. The lowest BCUT2D eigenvalue weighted by atomic mass is 10.2. The molecule has 3 rings (SSSR count). The number of nitrogens with zero attached hydrogens (tertiary/aromatic N) is 3. The van der Waals surface area contributed by atoms with E-state index < -0.39 is 0 Å². The largest absolute Gasteiger partial charge is 0.492 e. The van der Waals surface area contributed by atoms with Gasteiger partial charge in [-0.1, -0.05) is 33.3 Å². The molecule has 0 spiro atoms. The molecule has 0 N–H and O–H groups in total. The van der Waals surface area contributed by atoms with E-state index in [1.165, 1.54) is 5.56 Å². The van der Waals surface area contributed by atoms with Crippen molar-refractivity contribution in [3.8, 4) is 11.4 Å². The van der Waals surface area contributed by atoms with Crippen LogP contribution in [0.3, 0.4) is 0 Å². The van der Waals surface area contributed by atoms with Gasteiger partial charge in [-0.25, -0.2) is 4.68 Å². The molecule has 0 aliphatic carbocycles. The highest BCUT2D eigenvalue weighted by atomic mass is 127. The third-order valence-corrected chi connectivity index (χ3v) is 5.65. The molecule has 130 valence electrons. The van der Waals surface area contributed by atoms with Crippen LogP contribution in [0.4, 0.5) is 0 Å². The van der Waals surface area contributed by atoms with E-state index in [2.05, 4.69) is 67.9 Å². The average Bonchev–Trinajstić information content (AvgIpc) is 3.07. The SMILES string of the molecule is Cc1cc(-n2cc(CCCCOc3ccccc3I)nn2)ccc1Br. The number of halogens is 2. The molecule has 0 saturated carbocycles. The zero-order valence-electron chi connectivity index (χ0n) is 14.0. The number of rotatable bonds is 7. The molecule has 2 aromatic carbocycles. The first-order chi connectivity index (χ1) is 12.1. The van der Waals surface area contributed by atoms with E-state index in [1.54, 1.807) is 0 Å². The van der Waals surface area contributed by atoms with E-state index in [4.69, 9.17) is 4.74 Å². The second-order valence-electron chi connectivity index (χ2n) is 5.82. The van der Waals surface area contributed by atoms with Gasteiger partial charge >= 0.3 is 0 Å². The van der Waals surface area contributed by atoms with E-state index in [-0.39, 0.29) is 0 Å². The molecule has 0 aliphatic heterocycles. The molecular formula is C19H19BrIN3O. The smallest absolute Gasteiger partial charge is 0.132 e. The van der Waals surface area contributed by atoms with Gasteiger partial charge in [0, 0.05) is 4.47 Å². The first-order valence-electron chi connectivity index (χ1n) is 8.18. The normalized spacial score (nSPS) is 10.8. The summed E-state index contributed by atoms with van der Waals surface area (Å²) in [5.74, 6) is 0.958. The number of aryl methyl sites for hydroxylation is 2. The summed E-state index contributed by atoms with van der Waals surface area (Å²) in [7, 11) is 0. The summed E-state index contributed by atoms with van der Waals surface area (Å²) in [6, 6.07) is 14.2. The van der Waals surface area contributed by atoms with Crippen molar-refractivity contribution in [3.63, 3.8) is 0 Å². The van der Waals surface area contributed by atoms with E-state index in [9.17, 15) is 0 Å². The van der Waals surface area contributed by atoms with Crippen molar-refractivity contribution in [2.45, 2.75) is 26.2 Å². The van der Waals surface area contributed by atoms with E-state index in [0.29, 0.717) is 0 Å². The minimum atomic E-state index is 0.722. The molecule has 1 aromatic heterocycles. The monoisotopic (exact) mass is 511 g/mol. The van der Waals surface area contributed by atoms with Gasteiger partial charge in [-0.3, -0.25) is 0 Å². The summed E-state index contributed by atoms with van der Waals surface area (Å²) in [6.07, 6.45) is 4.94. The van der Waals surface area contributed by atoms with Gasteiger partial charge < -0.3 is 4.74 Å². The fourth-order valence-electron chi connectivity index (χ4n) is 2.46. The van der Waals surface area contributed by atoms with Crippen LogP contribution in [-0.2, 0) is 6.42 Å². The zero-order chi connectivity index (χ0) is 17.6. The molecule has 0 saturated heterocycles. The number of hydrogen-bond acceptors (Lipinski definition) is 3. The number of para-hydroxylation sites is 1. The third-order valence-electron chi connectivity index (χ3n) is 3.87. The molecular weight excluding hydrogens is 493 g/mol. The quantitative estimate of drug-likeness (QED) is 0.317. The van der Waals surface area contributed by atoms with Crippen LogP contribution in [0.25, 0.3) is 5.69 Å². The predicted octanol–water partition coefficient (Wildman–Crippen LogP) is 5.34. The Morgan fingerprint density at radius 3 is 2.80 bits per heavy atom. The Hall–Kier alpha value is -1.41. The van der Waals surface area contributed by atoms with Crippen LogP contribution in [0.2, 0.25) is 0 Å². The van der Waals surface area contributed by atoms with Gasteiger partial charge in [-0.15, -0.1) is 5.10 Å². The van der Waals surface area contributed by atoms with Crippen LogP contribution < -0.4 is 4.74 Å². The number of aromatic nitrogens is 3. The van der Waals surface area contributed by atoms with Crippen molar-refractivity contribution in [2.75, 3.05) is 6.61 Å². The molecule has 25 heavy (non-hydrogen) atoms. The van der Waals surface area contributed by atoms with Gasteiger partial charge in [0.15, 0.2) is 0 Å². The van der Waals surface area contributed by atoms with Crippen LogP contribution in [0.1, 0.15) is 24.1 Å². The van der Waals surface area contributed by atoms with E-state index in [0.717, 1.165) is 51.0 Å². The Labute approximate surface area is 169 Å². The van der Waals surface area contributed by atoms with Gasteiger partial charge in [0.1, 0.15) is 5.75 Å². The average molecular weight is 512 g/mol. The van der Waals surface area contributed by atoms with Gasteiger partial charge in [-0.05, 0) is 84.7 Å². The first kappa shape index (κ1) is 18.4. The lowest BCUT2D eigenvalue weighted by molar-refractivity contribution is 0.304. The topological polar surface area (TPSA) is 39.9 Å². The van der Waals surface area contributed by atoms with Crippen molar-refractivity contribution >= 4 is 38.5 Å². The highest BCUT2D eigenvalue weighted by molar-refractivity contribution is 14.1. The second kappa shape index (κ2) is 8.80. The summed E-state index contributed by atoms with van der Waals surface area (Å²) in [5, 5.41) is 8.51. The Morgan fingerprint density at radius 1 is 1.16 bits per heavy atom. The Bertz CT molecular complexity index is 850. The maximum Gasteiger partial charge on any atom is 0.132 e. The third kappa shape index (κ3) is 5.04. The highest BCUT2D eigenvalue weighted by Gasteiger charge is 2.05. The fraction of sp³-hybridized carbons (Fsp3) is 0.263. The summed E-state index contributed by atoms with van der Waals surface area (Å²) >= 11 is 5.81. The van der Waals surface area contributed by atoms with Gasteiger partial charge in [-0.2, -0.15) is 0 Å². The Morgan fingerprint density at radius 2 is 2.00 bits per heavy atom. The maximum atomic E-state index is 5.82. The van der Waals surface area contributed by atoms with Gasteiger partial charge in [0.25, 0.3) is 0 Å². The first-order valence-corrected chi connectivity index (χ1v) is 10.1. The van der Waals surface area contributed by atoms with Crippen LogP contribution in [-0.4, -0.2) is 21.6 Å². The highest BCUT2D eigenvalue weighted by Crippen LogP contribution is 2.20. The maximum absolute atomic E-state index is 5.82. The lowest BCUT2D eigenvalue weighted by Gasteiger charge is -2.07. The number of unbranched alkanes of at least 4 members (excludes halogenated alkanes) is 1. The van der Waals surface area contributed by atoms with Crippen molar-refractivity contribution in [1.82, 2.24) is 15.0 Å². The number of ether oxygens (including phenoxy) is 1. The zero-order valence-corrected chi connectivity index (χ0v) is 17.7. The second-order valence-corrected chi connectivity index (χ2v) is 7.84. The molecule has 0 radical (unpaired) electrons. The minimum absolute atomic E-state index is 0.722. The molecule has 0 unspecified atom stereocenters. The summed E-state index contributed by atoms with van der Waals surface area (Å²) in [6.45, 7) is 2.79. The van der Waals surface area contributed by atoms with Crippen LogP contribution in [0.5, 0.6) is 5.75 Å². The molecule has 0 atom stereocenters. The van der Waals surface area contributed by atoms with Gasteiger partial charge in [0.05, 0.1) is 27.8 Å². The molecule has 3 aromatic rings. The molecule has 4 nitrogen and oxygen atoms in total. The van der Waals surface area contributed by atoms with Crippen molar-refractivity contribution in [2.24, 2.45) is 0 Å². The van der Waals surface area contributed by atoms with Crippen LogP contribution >= 0.6 is 38.5 Å². The standard InChI is InChI=1S/C19H19BrIN3O/c1-14-12-16(9-10-17(14)20)24-13-15(22-23-24)6-4-5-11-25-19-8-3-2-7-18(19)21/h2-3,7-10,12-13H,4-6,11H2,1H3. The molecule has 0 amide bonds. The molecule has 0 bridgehead atoms. The summed E-state index contributed by atoms with van der Waals surface area (Å²) in [4.78, 5) is 0. The lowest BCUT2D eigenvalue weighted by Crippen LogP contribution is -1.99. The van der Waals surface area contributed by atoms with Gasteiger partial charge in [0.2, 0.25) is 0 Å².